The van der Waals surface area contributed by atoms with E-state index in [0.717, 1.165) is 23.5 Å². The minimum absolute atomic E-state index is 0.200. The molecule has 9 heteroatoms. The lowest BCUT2D eigenvalue weighted by atomic mass is 10.3. The van der Waals surface area contributed by atoms with E-state index in [9.17, 15) is 13.6 Å². The lowest BCUT2D eigenvalue weighted by molar-refractivity contribution is 0.0995. The molecule has 28 heavy (non-hydrogen) atoms. The standard InChI is InChI=1S/C13H13ClF2N2.C6H7N3O/c14-9-3-4-10-11(6-9)18(7-12(15)16)13(17-10)5-8-1-2-8;1-4-2-9-5(3-8-4)6(7)10/h3-4,6,8,12H,1-2,5,7H2;2-3H,1H3,(H2,7,10). The lowest BCUT2D eigenvalue weighted by Crippen LogP contribution is -2.13. The lowest BCUT2D eigenvalue weighted by Gasteiger charge is -2.08. The first kappa shape index (κ1) is 20.1. The predicted octanol–water partition coefficient (Wildman–Crippen LogP) is 3.79. The highest BCUT2D eigenvalue weighted by atomic mass is 35.5. The van der Waals surface area contributed by atoms with Crippen molar-refractivity contribution in [2.75, 3.05) is 0 Å². The highest BCUT2D eigenvalue weighted by molar-refractivity contribution is 6.31. The number of amides is 1. The molecule has 1 saturated carbocycles. The Hall–Kier alpha value is -2.61. The van der Waals surface area contributed by atoms with E-state index in [4.69, 9.17) is 17.3 Å². The topological polar surface area (TPSA) is 86.7 Å². The van der Waals surface area contributed by atoms with Crippen LogP contribution in [0.2, 0.25) is 5.02 Å². The van der Waals surface area contributed by atoms with Crippen molar-refractivity contribution in [1.82, 2.24) is 19.5 Å². The first-order valence-electron chi connectivity index (χ1n) is 8.84. The van der Waals surface area contributed by atoms with E-state index in [0.29, 0.717) is 16.5 Å². The van der Waals surface area contributed by atoms with Crippen molar-refractivity contribution < 1.29 is 13.6 Å². The van der Waals surface area contributed by atoms with Crippen LogP contribution in [0.25, 0.3) is 11.0 Å². The molecular formula is C19H20ClF2N5O. The molecule has 2 heterocycles. The highest BCUT2D eigenvalue weighted by Crippen LogP contribution is 2.33. The van der Waals surface area contributed by atoms with E-state index in [-0.39, 0.29) is 12.2 Å². The molecule has 4 rings (SSSR count). The van der Waals surface area contributed by atoms with Gasteiger partial charge in [-0.05, 0) is 43.9 Å². The van der Waals surface area contributed by atoms with Crippen LogP contribution in [-0.4, -0.2) is 31.9 Å². The summed E-state index contributed by atoms with van der Waals surface area (Å²) in [6.07, 6.45) is 3.63. The van der Waals surface area contributed by atoms with E-state index >= 15 is 0 Å². The maximum Gasteiger partial charge on any atom is 0.268 e. The number of nitrogens with two attached hydrogens (primary N) is 1. The number of hydrogen-bond donors (Lipinski definition) is 1. The number of aromatic nitrogens is 4. The summed E-state index contributed by atoms with van der Waals surface area (Å²) in [6, 6.07) is 5.24. The van der Waals surface area contributed by atoms with Crippen LogP contribution in [0.3, 0.4) is 0 Å². The molecular weight excluding hydrogens is 388 g/mol. The predicted molar refractivity (Wildman–Crippen MR) is 102 cm³/mol. The molecule has 0 spiro atoms. The molecule has 0 bridgehead atoms. The summed E-state index contributed by atoms with van der Waals surface area (Å²) in [5, 5.41) is 0.552. The van der Waals surface area contributed by atoms with Gasteiger partial charge in [-0.1, -0.05) is 11.6 Å². The molecule has 1 aliphatic carbocycles. The van der Waals surface area contributed by atoms with Crippen molar-refractivity contribution in [1.29, 1.82) is 0 Å². The summed E-state index contributed by atoms with van der Waals surface area (Å²) >= 11 is 5.93. The van der Waals surface area contributed by atoms with Crippen molar-refractivity contribution in [3.8, 4) is 0 Å². The summed E-state index contributed by atoms with van der Waals surface area (Å²) in [6.45, 7) is 1.48. The quantitative estimate of drug-likeness (QED) is 0.697. The molecule has 2 N–H and O–H groups in total. The maximum atomic E-state index is 12.7. The number of carbonyl (C=O) groups is 1. The molecule has 148 valence electrons. The Labute approximate surface area is 165 Å². The molecule has 0 radical (unpaired) electrons. The maximum absolute atomic E-state index is 12.7. The van der Waals surface area contributed by atoms with Crippen LogP contribution >= 0.6 is 11.6 Å². The average molecular weight is 408 g/mol. The van der Waals surface area contributed by atoms with Crippen LogP contribution in [0, 0.1) is 12.8 Å². The number of fused-ring (bicyclic) bond motifs is 1. The number of nitrogens with zero attached hydrogens (tertiary/aromatic N) is 4. The van der Waals surface area contributed by atoms with E-state index in [1.807, 2.05) is 0 Å². The first-order valence-corrected chi connectivity index (χ1v) is 9.22. The Kier molecular flexibility index (Phi) is 6.18. The number of imidazole rings is 1. The van der Waals surface area contributed by atoms with Gasteiger partial charge in [0.2, 0.25) is 0 Å². The summed E-state index contributed by atoms with van der Waals surface area (Å²) in [7, 11) is 0. The summed E-state index contributed by atoms with van der Waals surface area (Å²) < 4.78 is 27.0. The van der Waals surface area contributed by atoms with Crippen molar-refractivity contribution in [3.63, 3.8) is 0 Å². The molecule has 0 atom stereocenters. The molecule has 0 saturated heterocycles. The zero-order valence-electron chi connectivity index (χ0n) is 15.3. The SMILES string of the molecule is Cc1cnc(C(N)=O)cn1.FC(F)Cn1c(CC2CC2)nc2ccc(Cl)cc21. The van der Waals surface area contributed by atoms with E-state index in [2.05, 4.69) is 15.0 Å². The van der Waals surface area contributed by atoms with Gasteiger partial charge in [0.05, 0.1) is 29.5 Å². The number of rotatable bonds is 5. The molecule has 0 unspecified atom stereocenters. The van der Waals surface area contributed by atoms with Crippen molar-refractivity contribution in [3.05, 3.63) is 52.8 Å². The number of aryl methyl sites for hydroxylation is 1. The zero-order chi connectivity index (χ0) is 20.3. The van der Waals surface area contributed by atoms with Crippen LogP contribution in [0.4, 0.5) is 8.78 Å². The monoisotopic (exact) mass is 407 g/mol. The van der Waals surface area contributed by atoms with Gasteiger partial charge in [0.1, 0.15) is 11.5 Å². The van der Waals surface area contributed by atoms with Gasteiger partial charge in [0.25, 0.3) is 12.3 Å². The third-order valence-corrected chi connectivity index (χ3v) is 4.55. The molecule has 1 fully saturated rings. The van der Waals surface area contributed by atoms with Crippen LogP contribution in [-0.2, 0) is 13.0 Å². The number of hydrogen-bond acceptors (Lipinski definition) is 4. The van der Waals surface area contributed by atoms with Crippen molar-refractivity contribution in [2.45, 2.75) is 39.2 Å². The molecule has 1 aromatic carbocycles. The minimum Gasteiger partial charge on any atom is -0.364 e. The summed E-state index contributed by atoms with van der Waals surface area (Å²) in [5.41, 5.74) is 7.34. The van der Waals surface area contributed by atoms with Crippen LogP contribution in [0.5, 0.6) is 0 Å². The van der Waals surface area contributed by atoms with Gasteiger partial charge >= 0.3 is 0 Å². The van der Waals surface area contributed by atoms with E-state index < -0.39 is 12.3 Å². The normalized spacial score (nSPS) is 13.5. The smallest absolute Gasteiger partial charge is 0.268 e. The number of benzene rings is 1. The Morgan fingerprint density at radius 1 is 1.32 bits per heavy atom. The van der Waals surface area contributed by atoms with Gasteiger partial charge in [-0.3, -0.25) is 9.78 Å². The number of halogens is 3. The Morgan fingerprint density at radius 2 is 2.07 bits per heavy atom. The number of primary amides is 1. The minimum atomic E-state index is -2.38. The highest BCUT2D eigenvalue weighted by Gasteiger charge is 2.25. The molecule has 1 aliphatic rings. The molecule has 2 aromatic heterocycles. The fraction of sp³-hybridized carbons (Fsp3) is 0.368. The second-order valence-electron chi connectivity index (χ2n) is 6.72. The number of carbonyl (C=O) groups excluding carboxylic acids is 1. The van der Waals surface area contributed by atoms with Gasteiger partial charge in [-0.25, -0.2) is 18.7 Å². The van der Waals surface area contributed by atoms with E-state index in [1.165, 1.54) is 25.2 Å². The van der Waals surface area contributed by atoms with E-state index in [1.54, 1.807) is 29.7 Å². The fourth-order valence-electron chi connectivity index (χ4n) is 2.74. The largest absolute Gasteiger partial charge is 0.364 e. The first-order chi connectivity index (χ1) is 13.3. The second-order valence-corrected chi connectivity index (χ2v) is 7.15. The van der Waals surface area contributed by atoms with Gasteiger partial charge in [-0.15, -0.1) is 0 Å². The molecule has 3 aromatic rings. The van der Waals surface area contributed by atoms with Crippen LogP contribution in [0.1, 0.15) is 34.8 Å². The van der Waals surface area contributed by atoms with Crippen molar-refractivity contribution in [2.24, 2.45) is 11.7 Å². The third kappa shape index (κ3) is 5.22. The second kappa shape index (κ2) is 8.60. The van der Waals surface area contributed by atoms with Crippen molar-refractivity contribution >= 4 is 28.5 Å². The van der Waals surface area contributed by atoms with Crippen LogP contribution < -0.4 is 5.73 Å². The zero-order valence-corrected chi connectivity index (χ0v) is 16.0. The summed E-state index contributed by atoms with van der Waals surface area (Å²) in [5.74, 6) is 0.830. The van der Waals surface area contributed by atoms with Crippen LogP contribution in [0.15, 0.2) is 30.6 Å². The fourth-order valence-corrected chi connectivity index (χ4v) is 2.91. The Morgan fingerprint density at radius 3 is 2.64 bits per heavy atom. The Bertz CT molecular complexity index is 970. The van der Waals surface area contributed by atoms with Gasteiger partial charge in [0.15, 0.2) is 0 Å². The average Bonchev–Trinajstić information content (AvgIpc) is 3.39. The van der Waals surface area contributed by atoms with Gasteiger partial charge in [-0.2, -0.15) is 0 Å². The summed E-state index contributed by atoms with van der Waals surface area (Å²) in [4.78, 5) is 22.5. The Balaban J connectivity index is 0.000000192. The molecule has 1 amide bonds. The number of alkyl halides is 2. The van der Waals surface area contributed by atoms with Gasteiger partial charge < -0.3 is 10.3 Å². The molecule has 6 nitrogen and oxygen atoms in total. The molecule has 0 aliphatic heterocycles. The third-order valence-electron chi connectivity index (χ3n) is 4.31. The van der Waals surface area contributed by atoms with Gasteiger partial charge in [0, 0.05) is 17.6 Å².